The Morgan fingerprint density at radius 3 is 2.46 bits per heavy atom. The van der Waals surface area contributed by atoms with Gasteiger partial charge in [0.25, 0.3) is 0 Å². The van der Waals surface area contributed by atoms with Crippen molar-refractivity contribution >= 4 is 35.0 Å². The van der Waals surface area contributed by atoms with Crippen LogP contribution in [0.5, 0.6) is 11.5 Å². The predicted molar refractivity (Wildman–Crippen MR) is 138 cm³/mol. The zero-order chi connectivity index (χ0) is 24.5. The van der Waals surface area contributed by atoms with Crippen LogP contribution in [0.2, 0.25) is 5.02 Å². The fourth-order valence-electron chi connectivity index (χ4n) is 3.40. The van der Waals surface area contributed by atoms with Crippen molar-refractivity contribution in [1.82, 2.24) is 14.8 Å². The van der Waals surface area contributed by atoms with Gasteiger partial charge in [-0.3, -0.25) is 4.79 Å². The summed E-state index contributed by atoms with van der Waals surface area (Å²) >= 11 is 7.47. The van der Waals surface area contributed by atoms with Gasteiger partial charge < -0.3 is 19.4 Å². The number of methoxy groups -OCH3 is 1. The van der Waals surface area contributed by atoms with Crippen molar-refractivity contribution in [2.24, 2.45) is 0 Å². The van der Waals surface area contributed by atoms with Crippen LogP contribution in [0.25, 0.3) is 0 Å². The van der Waals surface area contributed by atoms with E-state index in [0.29, 0.717) is 39.7 Å². The molecule has 7 nitrogen and oxygen atoms in total. The van der Waals surface area contributed by atoms with Gasteiger partial charge in [0, 0.05) is 6.54 Å². The molecule has 0 aliphatic carbocycles. The van der Waals surface area contributed by atoms with Crippen molar-refractivity contribution in [3.63, 3.8) is 0 Å². The number of para-hydroxylation sites is 3. The third kappa shape index (κ3) is 6.77. The Kier molecular flexibility index (Phi) is 8.64. The Morgan fingerprint density at radius 1 is 0.971 bits per heavy atom. The highest BCUT2D eigenvalue weighted by Crippen LogP contribution is 2.27. The molecule has 1 heterocycles. The maximum atomic E-state index is 12.5. The molecule has 0 radical (unpaired) electrons. The number of nitrogens with zero attached hydrogens (tertiary/aromatic N) is 3. The van der Waals surface area contributed by atoms with E-state index < -0.39 is 0 Å². The average Bonchev–Trinajstić information content (AvgIpc) is 3.28. The highest BCUT2D eigenvalue weighted by atomic mass is 35.5. The monoisotopic (exact) mass is 508 g/mol. The van der Waals surface area contributed by atoms with Crippen LogP contribution in [0.15, 0.2) is 84.0 Å². The lowest BCUT2D eigenvalue weighted by molar-refractivity contribution is -0.113. The smallest absolute Gasteiger partial charge is 0.234 e. The summed E-state index contributed by atoms with van der Waals surface area (Å²) in [6.07, 6.45) is 0.792. The SMILES string of the molecule is COc1ccccc1OCc1nnc(SCC(=O)Nc2ccccc2Cl)n1CCc1ccccc1. The standard InChI is InChI=1S/C26H25ClN4O3S/c1-33-22-13-7-8-14-23(22)34-17-24-29-30-26(31(24)16-15-19-9-3-2-4-10-19)35-18-25(32)28-21-12-6-5-11-20(21)27/h2-14H,15-18H2,1H3,(H,28,32). The van der Waals surface area contributed by atoms with Gasteiger partial charge in [0.05, 0.1) is 23.6 Å². The van der Waals surface area contributed by atoms with Crippen LogP contribution in [0, 0.1) is 0 Å². The van der Waals surface area contributed by atoms with E-state index in [-0.39, 0.29) is 18.3 Å². The molecule has 3 aromatic carbocycles. The van der Waals surface area contributed by atoms with E-state index in [1.54, 1.807) is 19.2 Å². The van der Waals surface area contributed by atoms with E-state index in [1.165, 1.54) is 17.3 Å². The van der Waals surface area contributed by atoms with Crippen molar-refractivity contribution in [3.05, 3.63) is 95.3 Å². The Balaban J connectivity index is 1.46. The topological polar surface area (TPSA) is 78.3 Å². The quantitative estimate of drug-likeness (QED) is 0.270. The van der Waals surface area contributed by atoms with E-state index >= 15 is 0 Å². The van der Waals surface area contributed by atoms with Crippen LogP contribution >= 0.6 is 23.4 Å². The molecule has 180 valence electrons. The molecule has 0 aliphatic rings. The first-order chi connectivity index (χ1) is 17.1. The molecule has 9 heteroatoms. The number of amides is 1. The van der Waals surface area contributed by atoms with Crippen molar-refractivity contribution in [2.45, 2.75) is 24.7 Å². The summed E-state index contributed by atoms with van der Waals surface area (Å²) in [5.41, 5.74) is 1.78. The maximum absolute atomic E-state index is 12.5. The van der Waals surface area contributed by atoms with E-state index in [1.807, 2.05) is 59.2 Å². The van der Waals surface area contributed by atoms with E-state index in [2.05, 4.69) is 27.6 Å². The minimum Gasteiger partial charge on any atom is -0.493 e. The van der Waals surface area contributed by atoms with Crippen LogP contribution < -0.4 is 14.8 Å². The van der Waals surface area contributed by atoms with Gasteiger partial charge >= 0.3 is 0 Å². The summed E-state index contributed by atoms with van der Waals surface area (Å²) in [5, 5.41) is 12.7. The van der Waals surface area contributed by atoms with Crippen LogP contribution in [0.4, 0.5) is 5.69 Å². The molecule has 0 unspecified atom stereocenters. The first kappa shape index (κ1) is 24.6. The second-order valence-electron chi connectivity index (χ2n) is 7.54. The van der Waals surface area contributed by atoms with E-state index in [4.69, 9.17) is 21.1 Å². The zero-order valence-corrected chi connectivity index (χ0v) is 20.8. The molecule has 1 aromatic heterocycles. The molecule has 1 N–H and O–H groups in total. The van der Waals surface area contributed by atoms with Gasteiger partial charge in [-0.2, -0.15) is 0 Å². The molecule has 0 spiro atoms. The summed E-state index contributed by atoms with van der Waals surface area (Å²) in [7, 11) is 1.60. The number of thioether (sulfide) groups is 1. The fraction of sp³-hybridized carbons (Fsp3) is 0.192. The van der Waals surface area contributed by atoms with Gasteiger partial charge in [-0.15, -0.1) is 10.2 Å². The van der Waals surface area contributed by atoms with Gasteiger partial charge in [0.1, 0.15) is 6.61 Å². The molecule has 0 bridgehead atoms. The Morgan fingerprint density at radius 2 is 1.69 bits per heavy atom. The van der Waals surface area contributed by atoms with Crippen molar-refractivity contribution in [3.8, 4) is 11.5 Å². The molecule has 0 atom stereocenters. The van der Waals surface area contributed by atoms with Crippen LogP contribution in [-0.2, 0) is 24.4 Å². The minimum absolute atomic E-state index is 0.169. The Bertz CT molecular complexity index is 1270. The molecule has 0 saturated carbocycles. The Hall–Kier alpha value is -3.49. The van der Waals surface area contributed by atoms with Crippen LogP contribution in [0.3, 0.4) is 0 Å². The zero-order valence-electron chi connectivity index (χ0n) is 19.2. The highest BCUT2D eigenvalue weighted by Gasteiger charge is 2.16. The van der Waals surface area contributed by atoms with Crippen molar-refractivity contribution in [2.75, 3.05) is 18.2 Å². The first-order valence-corrected chi connectivity index (χ1v) is 12.4. The van der Waals surface area contributed by atoms with Gasteiger partial charge in [-0.1, -0.05) is 78.0 Å². The number of rotatable bonds is 11. The number of benzene rings is 3. The minimum atomic E-state index is -0.174. The van der Waals surface area contributed by atoms with E-state index in [9.17, 15) is 4.79 Å². The number of halogens is 1. The average molecular weight is 509 g/mol. The summed E-state index contributed by atoms with van der Waals surface area (Å²) in [5.74, 6) is 1.94. The lowest BCUT2D eigenvalue weighted by Crippen LogP contribution is -2.15. The normalized spacial score (nSPS) is 10.7. The van der Waals surface area contributed by atoms with Gasteiger partial charge in [0.2, 0.25) is 5.91 Å². The molecule has 0 fully saturated rings. The Labute approximate surface area is 213 Å². The van der Waals surface area contributed by atoms with Crippen molar-refractivity contribution < 1.29 is 14.3 Å². The number of carbonyl (C=O) groups is 1. The predicted octanol–water partition coefficient (Wildman–Crippen LogP) is 5.49. The lowest BCUT2D eigenvalue weighted by Gasteiger charge is -2.13. The molecule has 1 amide bonds. The largest absolute Gasteiger partial charge is 0.493 e. The summed E-state index contributed by atoms with van der Waals surface area (Å²) in [6, 6.07) is 24.8. The number of hydrogen-bond acceptors (Lipinski definition) is 6. The molecule has 0 aliphatic heterocycles. The maximum Gasteiger partial charge on any atom is 0.234 e. The number of aromatic nitrogens is 3. The van der Waals surface area contributed by atoms with Crippen LogP contribution in [-0.4, -0.2) is 33.5 Å². The molecule has 0 saturated heterocycles. The lowest BCUT2D eigenvalue weighted by atomic mass is 10.1. The number of anilines is 1. The number of ether oxygens (including phenoxy) is 2. The number of aryl methyl sites for hydroxylation is 1. The number of hydrogen-bond donors (Lipinski definition) is 1. The summed E-state index contributed by atoms with van der Waals surface area (Å²) in [6.45, 7) is 0.866. The number of carbonyl (C=O) groups excluding carboxylic acids is 1. The van der Waals surface area contributed by atoms with Gasteiger partial charge in [0.15, 0.2) is 22.5 Å². The molecule has 4 rings (SSSR count). The second-order valence-corrected chi connectivity index (χ2v) is 8.89. The molecule has 35 heavy (non-hydrogen) atoms. The summed E-state index contributed by atoms with van der Waals surface area (Å²) < 4.78 is 13.4. The highest BCUT2D eigenvalue weighted by molar-refractivity contribution is 7.99. The van der Waals surface area contributed by atoms with Gasteiger partial charge in [-0.05, 0) is 36.2 Å². The first-order valence-electron chi connectivity index (χ1n) is 11.0. The third-order valence-corrected chi connectivity index (χ3v) is 6.46. The molecular formula is C26H25ClN4O3S. The molecular weight excluding hydrogens is 484 g/mol. The fourth-order valence-corrected chi connectivity index (χ4v) is 4.37. The number of nitrogens with one attached hydrogen (secondary N) is 1. The summed E-state index contributed by atoms with van der Waals surface area (Å²) in [4.78, 5) is 12.5. The van der Waals surface area contributed by atoms with Gasteiger partial charge in [-0.25, -0.2) is 0 Å². The second kappa shape index (κ2) is 12.3. The van der Waals surface area contributed by atoms with E-state index in [0.717, 1.165) is 6.42 Å². The molecule has 4 aromatic rings. The third-order valence-electron chi connectivity index (χ3n) is 5.17. The van der Waals surface area contributed by atoms with Crippen molar-refractivity contribution in [1.29, 1.82) is 0 Å². The van der Waals surface area contributed by atoms with Crippen LogP contribution in [0.1, 0.15) is 11.4 Å².